The molecular weight excluding hydrogens is 539 g/mol. The van der Waals surface area contributed by atoms with Gasteiger partial charge in [0.2, 0.25) is 10.0 Å². The molecule has 37 heavy (non-hydrogen) atoms. The molecule has 196 valence electrons. The topological polar surface area (TPSA) is 115 Å². The average molecular weight is 565 g/mol. The molecule has 0 unspecified atom stereocenters. The summed E-state index contributed by atoms with van der Waals surface area (Å²) in [4.78, 5) is 25.1. The molecule has 0 fully saturated rings. The van der Waals surface area contributed by atoms with Crippen molar-refractivity contribution in [1.29, 1.82) is 0 Å². The number of nitrogens with zero attached hydrogens (tertiary/aromatic N) is 1. The number of sulfonamides is 1. The lowest BCUT2D eigenvalue weighted by Gasteiger charge is -2.13. The van der Waals surface area contributed by atoms with Gasteiger partial charge in [0, 0.05) is 18.7 Å². The van der Waals surface area contributed by atoms with Crippen LogP contribution in [0.5, 0.6) is 5.75 Å². The number of aromatic nitrogens is 1. The molecule has 1 heterocycles. The SMILES string of the molecule is COc1cccc(C=Cc2c(Cl)cc(Cl)c(=O)n2CCc2ccc(C(=O)NS(=O)(=O)CCCO)cc2)c1. The lowest BCUT2D eigenvalue weighted by Crippen LogP contribution is -2.32. The minimum Gasteiger partial charge on any atom is -0.497 e. The lowest BCUT2D eigenvalue weighted by molar-refractivity contribution is 0.0981. The Bertz CT molecular complexity index is 1450. The largest absolute Gasteiger partial charge is 0.497 e. The summed E-state index contributed by atoms with van der Waals surface area (Å²) in [5.41, 5.74) is 1.94. The van der Waals surface area contributed by atoms with Crippen LogP contribution in [-0.2, 0) is 23.0 Å². The summed E-state index contributed by atoms with van der Waals surface area (Å²) in [5, 5.41) is 9.10. The molecular formula is C26H26Cl2N2O6S. The Hall–Kier alpha value is -3.11. The summed E-state index contributed by atoms with van der Waals surface area (Å²) in [6, 6.07) is 15.2. The Labute approximate surface area is 225 Å². The number of pyridine rings is 1. The van der Waals surface area contributed by atoms with E-state index in [1.54, 1.807) is 25.3 Å². The van der Waals surface area contributed by atoms with Crippen LogP contribution in [0.25, 0.3) is 12.2 Å². The molecule has 0 aliphatic heterocycles. The average Bonchev–Trinajstić information content (AvgIpc) is 2.88. The maximum absolute atomic E-state index is 12.8. The van der Waals surface area contributed by atoms with Crippen molar-refractivity contribution in [1.82, 2.24) is 9.29 Å². The van der Waals surface area contributed by atoms with Crippen molar-refractivity contribution in [2.75, 3.05) is 19.5 Å². The fourth-order valence-corrected chi connectivity index (χ4v) is 5.05. The molecule has 3 aromatic rings. The van der Waals surface area contributed by atoms with E-state index in [0.717, 1.165) is 11.1 Å². The van der Waals surface area contributed by atoms with Gasteiger partial charge in [0.1, 0.15) is 10.8 Å². The summed E-state index contributed by atoms with van der Waals surface area (Å²) >= 11 is 12.5. The van der Waals surface area contributed by atoms with E-state index in [1.807, 2.05) is 35.1 Å². The number of aliphatic hydroxyl groups excluding tert-OH is 1. The van der Waals surface area contributed by atoms with Crippen LogP contribution in [0.4, 0.5) is 0 Å². The number of aryl methyl sites for hydroxylation is 1. The third-order valence-electron chi connectivity index (χ3n) is 5.43. The van der Waals surface area contributed by atoms with Crippen molar-refractivity contribution < 1.29 is 23.1 Å². The molecule has 1 aromatic heterocycles. The molecule has 0 radical (unpaired) electrons. The zero-order chi connectivity index (χ0) is 27.0. The highest BCUT2D eigenvalue weighted by Crippen LogP contribution is 2.22. The van der Waals surface area contributed by atoms with Gasteiger partial charge >= 0.3 is 0 Å². The van der Waals surface area contributed by atoms with Crippen LogP contribution in [0.1, 0.15) is 33.6 Å². The van der Waals surface area contributed by atoms with Crippen molar-refractivity contribution in [2.24, 2.45) is 0 Å². The molecule has 0 bridgehead atoms. The van der Waals surface area contributed by atoms with Gasteiger partial charge in [-0.25, -0.2) is 13.1 Å². The van der Waals surface area contributed by atoms with E-state index in [0.29, 0.717) is 22.9 Å². The van der Waals surface area contributed by atoms with Crippen molar-refractivity contribution in [2.45, 2.75) is 19.4 Å². The normalized spacial score (nSPS) is 11.6. The monoisotopic (exact) mass is 564 g/mol. The Kier molecular flexibility index (Phi) is 9.93. The quantitative estimate of drug-likeness (QED) is 0.363. The van der Waals surface area contributed by atoms with Gasteiger partial charge in [-0.2, -0.15) is 0 Å². The van der Waals surface area contributed by atoms with Crippen LogP contribution in [0, 0.1) is 0 Å². The Morgan fingerprint density at radius 2 is 1.81 bits per heavy atom. The number of amides is 1. The van der Waals surface area contributed by atoms with E-state index >= 15 is 0 Å². The first-order chi connectivity index (χ1) is 17.6. The molecule has 0 atom stereocenters. The first-order valence-electron chi connectivity index (χ1n) is 11.3. The second kappa shape index (κ2) is 12.9. The van der Waals surface area contributed by atoms with E-state index in [-0.39, 0.29) is 41.5 Å². The standard InChI is InChI=1S/C26H26Cl2N2O6S/c1-36-21-5-2-4-19(16-21)8-11-24-22(27)17-23(28)26(33)30(24)13-12-18-6-9-20(10-7-18)25(32)29-37(34,35)15-3-14-31/h2,4-11,16-17,31H,3,12-15H2,1H3,(H,29,32). The van der Waals surface area contributed by atoms with Crippen LogP contribution >= 0.6 is 23.2 Å². The van der Waals surface area contributed by atoms with Gasteiger partial charge in [-0.15, -0.1) is 0 Å². The number of aliphatic hydroxyl groups is 1. The highest BCUT2D eigenvalue weighted by atomic mass is 35.5. The number of ether oxygens (including phenoxy) is 1. The molecule has 0 saturated heterocycles. The summed E-state index contributed by atoms with van der Waals surface area (Å²) in [6.07, 6.45) is 4.01. The molecule has 8 nitrogen and oxygen atoms in total. The van der Waals surface area contributed by atoms with Crippen LogP contribution in [0.15, 0.2) is 59.4 Å². The van der Waals surface area contributed by atoms with E-state index < -0.39 is 15.9 Å². The predicted octanol–water partition coefficient (Wildman–Crippen LogP) is 4.02. The number of hydrogen-bond acceptors (Lipinski definition) is 6. The number of halogens is 2. The maximum Gasteiger partial charge on any atom is 0.269 e. The Morgan fingerprint density at radius 3 is 2.49 bits per heavy atom. The fourth-order valence-electron chi connectivity index (χ4n) is 3.50. The number of carbonyl (C=O) groups is 1. The molecule has 2 aromatic carbocycles. The third kappa shape index (κ3) is 7.93. The van der Waals surface area contributed by atoms with E-state index in [9.17, 15) is 18.0 Å². The second-order valence-electron chi connectivity index (χ2n) is 8.07. The molecule has 1 amide bonds. The maximum atomic E-state index is 12.8. The number of nitrogens with one attached hydrogen (secondary N) is 1. The summed E-state index contributed by atoms with van der Waals surface area (Å²) < 4.78 is 32.5. The van der Waals surface area contributed by atoms with Crippen molar-refractivity contribution in [3.63, 3.8) is 0 Å². The summed E-state index contributed by atoms with van der Waals surface area (Å²) in [7, 11) is -2.25. The highest BCUT2D eigenvalue weighted by Gasteiger charge is 2.16. The summed E-state index contributed by atoms with van der Waals surface area (Å²) in [5.74, 6) is -0.410. The van der Waals surface area contributed by atoms with Gasteiger partial charge in [-0.05, 0) is 60.4 Å². The smallest absolute Gasteiger partial charge is 0.269 e. The summed E-state index contributed by atoms with van der Waals surface area (Å²) in [6.45, 7) is -0.0266. The first-order valence-corrected chi connectivity index (χ1v) is 13.7. The van der Waals surface area contributed by atoms with Gasteiger partial charge < -0.3 is 14.4 Å². The van der Waals surface area contributed by atoms with E-state index in [2.05, 4.69) is 0 Å². The molecule has 3 rings (SSSR count). The van der Waals surface area contributed by atoms with Gasteiger partial charge in [0.15, 0.2) is 0 Å². The van der Waals surface area contributed by atoms with Crippen molar-refractivity contribution in [3.8, 4) is 5.75 Å². The lowest BCUT2D eigenvalue weighted by atomic mass is 10.1. The second-order valence-corrected chi connectivity index (χ2v) is 10.7. The molecule has 0 aliphatic rings. The van der Waals surface area contributed by atoms with Gasteiger partial charge in [0.05, 0.1) is 23.6 Å². The minimum absolute atomic E-state index is 0.00189. The number of benzene rings is 2. The van der Waals surface area contributed by atoms with Crippen LogP contribution in [-0.4, -0.2) is 43.5 Å². The van der Waals surface area contributed by atoms with Gasteiger partial charge in [0.25, 0.3) is 11.5 Å². The molecule has 0 spiro atoms. The van der Waals surface area contributed by atoms with Gasteiger partial charge in [-0.3, -0.25) is 9.59 Å². The molecule has 0 saturated carbocycles. The molecule has 0 aliphatic carbocycles. The third-order valence-corrected chi connectivity index (χ3v) is 7.32. The van der Waals surface area contributed by atoms with Crippen molar-refractivity contribution >= 4 is 51.3 Å². The van der Waals surface area contributed by atoms with Crippen LogP contribution in [0.2, 0.25) is 10.0 Å². The number of carbonyl (C=O) groups excluding carboxylic acids is 1. The Morgan fingerprint density at radius 1 is 1.08 bits per heavy atom. The number of methoxy groups -OCH3 is 1. The van der Waals surface area contributed by atoms with Gasteiger partial charge in [-0.1, -0.05) is 53.5 Å². The van der Waals surface area contributed by atoms with Crippen molar-refractivity contribution in [3.05, 3.63) is 97.4 Å². The predicted molar refractivity (Wildman–Crippen MR) is 146 cm³/mol. The van der Waals surface area contributed by atoms with Crippen LogP contribution < -0.4 is 15.0 Å². The fraction of sp³-hybridized carbons (Fsp3) is 0.231. The van der Waals surface area contributed by atoms with Crippen LogP contribution in [0.3, 0.4) is 0 Å². The highest BCUT2D eigenvalue weighted by molar-refractivity contribution is 7.90. The molecule has 2 N–H and O–H groups in total. The minimum atomic E-state index is -3.83. The first kappa shape index (κ1) is 28.5. The number of hydrogen-bond donors (Lipinski definition) is 2. The number of rotatable bonds is 11. The zero-order valence-corrected chi connectivity index (χ0v) is 22.3. The molecule has 11 heteroatoms. The zero-order valence-electron chi connectivity index (χ0n) is 20.0. The van der Waals surface area contributed by atoms with E-state index in [4.69, 9.17) is 33.0 Å². The Balaban J connectivity index is 1.77. The van der Waals surface area contributed by atoms with E-state index in [1.165, 1.54) is 22.8 Å².